The third kappa shape index (κ3) is 5.47. The van der Waals surface area contributed by atoms with Crippen LogP contribution in [0.3, 0.4) is 0 Å². The van der Waals surface area contributed by atoms with Crippen LogP contribution in [0.4, 0.5) is 5.69 Å². The number of nitrogens with two attached hydrogens (primary N) is 1. The van der Waals surface area contributed by atoms with Gasteiger partial charge in [0.05, 0.1) is 16.5 Å². The summed E-state index contributed by atoms with van der Waals surface area (Å²) in [4.78, 5) is 23.8. The van der Waals surface area contributed by atoms with Gasteiger partial charge in [-0.25, -0.2) is 0 Å². The van der Waals surface area contributed by atoms with Gasteiger partial charge in [0, 0.05) is 4.90 Å². The molecule has 7 heteroatoms. The van der Waals surface area contributed by atoms with Gasteiger partial charge < -0.3 is 15.8 Å². The van der Waals surface area contributed by atoms with Crippen LogP contribution in [-0.4, -0.2) is 24.2 Å². The third-order valence-electron chi connectivity index (χ3n) is 2.98. The largest absolute Gasteiger partial charge is 0.482 e. The Bertz CT molecular complexity index is 752. The van der Waals surface area contributed by atoms with E-state index in [0.29, 0.717) is 16.5 Å². The van der Waals surface area contributed by atoms with Crippen LogP contribution >= 0.6 is 23.4 Å². The van der Waals surface area contributed by atoms with Gasteiger partial charge in [-0.2, -0.15) is 0 Å². The third-order valence-corrected chi connectivity index (χ3v) is 4.38. The SMILES string of the molecule is Cc1ccc(Cl)c(OCC(=O)Nc2ccccc2SCC(N)=O)c1. The number of primary amides is 1. The second kappa shape index (κ2) is 8.61. The summed E-state index contributed by atoms with van der Waals surface area (Å²) in [7, 11) is 0. The molecule has 3 N–H and O–H groups in total. The minimum absolute atomic E-state index is 0.141. The quantitative estimate of drug-likeness (QED) is 0.739. The minimum Gasteiger partial charge on any atom is -0.482 e. The number of nitrogens with one attached hydrogen (secondary N) is 1. The lowest BCUT2D eigenvalue weighted by molar-refractivity contribution is -0.118. The van der Waals surface area contributed by atoms with Crippen molar-refractivity contribution in [1.82, 2.24) is 0 Å². The van der Waals surface area contributed by atoms with E-state index in [1.807, 2.05) is 25.1 Å². The predicted molar refractivity (Wildman–Crippen MR) is 96.7 cm³/mol. The summed E-state index contributed by atoms with van der Waals surface area (Å²) in [5.74, 6) is -0.135. The van der Waals surface area contributed by atoms with E-state index in [0.717, 1.165) is 10.5 Å². The lowest BCUT2D eigenvalue weighted by Gasteiger charge is -2.12. The fraction of sp³-hybridized carbons (Fsp3) is 0.176. The van der Waals surface area contributed by atoms with Gasteiger partial charge in [-0.3, -0.25) is 9.59 Å². The number of rotatable bonds is 7. The molecule has 2 aromatic carbocycles. The van der Waals surface area contributed by atoms with Crippen LogP contribution in [0, 0.1) is 6.92 Å². The van der Waals surface area contributed by atoms with Crippen molar-refractivity contribution in [2.75, 3.05) is 17.7 Å². The van der Waals surface area contributed by atoms with Crippen molar-refractivity contribution in [2.45, 2.75) is 11.8 Å². The first-order valence-electron chi connectivity index (χ1n) is 7.14. The van der Waals surface area contributed by atoms with Gasteiger partial charge in [-0.1, -0.05) is 29.8 Å². The topological polar surface area (TPSA) is 81.4 Å². The highest BCUT2D eigenvalue weighted by Gasteiger charge is 2.10. The van der Waals surface area contributed by atoms with Crippen molar-refractivity contribution in [3.05, 3.63) is 53.1 Å². The van der Waals surface area contributed by atoms with E-state index < -0.39 is 5.91 Å². The molecule has 0 aliphatic rings. The molecule has 0 atom stereocenters. The number of hydrogen-bond acceptors (Lipinski definition) is 4. The molecule has 0 aliphatic carbocycles. The molecule has 0 radical (unpaired) electrons. The zero-order chi connectivity index (χ0) is 17.5. The van der Waals surface area contributed by atoms with Gasteiger partial charge in [-0.05, 0) is 36.8 Å². The van der Waals surface area contributed by atoms with Gasteiger partial charge >= 0.3 is 0 Å². The van der Waals surface area contributed by atoms with Crippen LogP contribution in [0.25, 0.3) is 0 Å². The monoisotopic (exact) mass is 364 g/mol. The molecule has 0 saturated carbocycles. The van der Waals surface area contributed by atoms with E-state index in [1.165, 1.54) is 11.8 Å². The normalized spacial score (nSPS) is 10.2. The molecule has 0 fully saturated rings. The van der Waals surface area contributed by atoms with Crippen LogP contribution in [-0.2, 0) is 9.59 Å². The van der Waals surface area contributed by atoms with Crippen molar-refractivity contribution in [3.63, 3.8) is 0 Å². The molecule has 24 heavy (non-hydrogen) atoms. The molecule has 2 rings (SSSR count). The van der Waals surface area contributed by atoms with E-state index >= 15 is 0 Å². The highest BCUT2D eigenvalue weighted by Crippen LogP contribution is 2.27. The fourth-order valence-electron chi connectivity index (χ4n) is 1.90. The van der Waals surface area contributed by atoms with Crippen molar-refractivity contribution in [2.24, 2.45) is 5.73 Å². The molecule has 0 spiro atoms. The molecule has 5 nitrogen and oxygen atoms in total. The van der Waals surface area contributed by atoms with Crippen LogP contribution in [0.15, 0.2) is 47.4 Å². The summed E-state index contributed by atoms with van der Waals surface area (Å²) in [5, 5.41) is 3.21. The Kier molecular flexibility index (Phi) is 6.52. The van der Waals surface area contributed by atoms with Gasteiger partial charge in [0.2, 0.25) is 5.91 Å². The maximum Gasteiger partial charge on any atom is 0.262 e. The Morgan fingerprint density at radius 2 is 2.00 bits per heavy atom. The second-order valence-electron chi connectivity index (χ2n) is 5.02. The van der Waals surface area contributed by atoms with Crippen molar-refractivity contribution >= 4 is 40.9 Å². The lowest BCUT2D eigenvalue weighted by Crippen LogP contribution is -2.21. The Morgan fingerprint density at radius 1 is 1.25 bits per heavy atom. The standard InChI is InChI=1S/C17H17ClN2O3S/c1-11-6-7-12(18)14(8-11)23-9-17(22)20-13-4-2-3-5-15(13)24-10-16(19)21/h2-8H,9-10H2,1H3,(H2,19,21)(H,20,22). The Hall–Kier alpha value is -2.18. The van der Waals surface area contributed by atoms with Crippen LogP contribution < -0.4 is 15.8 Å². The molecular weight excluding hydrogens is 348 g/mol. The number of amides is 2. The summed E-state index contributed by atoms with van der Waals surface area (Å²) in [5.41, 5.74) is 6.74. The Morgan fingerprint density at radius 3 is 2.75 bits per heavy atom. The van der Waals surface area contributed by atoms with Crippen LogP contribution in [0.1, 0.15) is 5.56 Å². The number of hydrogen-bond donors (Lipinski definition) is 2. The average Bonchev–Trinajstić information content (AvgIpc) is 2.55. The van der Waals surface area contributed by atoms with Crippen LogP contribution in [0.5, 0.6) is 5.75 Å². The first-order valence-corrected chi connectivity index (χ1v) is 8.51. The first-order chi connectivity index (χ1) is 11.5. The van der Waals surface area contributed by atoms with Gasteiger partial charge in [-0.15, -0.1) is 11.8 Å². The van der Waals surface area contributed by atoms with E-state index in [4.69, 9.17) is 22.1 Å². The summed E-state index contributed by atoms with van der Waals surface area (Å²) in [6.07, 6.45) is 0. The summed E-state index contributed by atoms with van der Waals surface area (Å²) in [6, 6.07) is 12.5. The average molecular weight is 365 g/mol. The summed E-state index contributed by atoms with van der Waals surface area (Å²) < 4.78 is 5.46. The molecule has 0 aromatic heterocycles. The Labute approximate surface area is 149 Å². The fourth-order valence-corrected chi connectivity index (χ4v) is 2.81. The number of ether oxygens (including phenoxy) is 1. The van der Waals surface area contributed by atoms with E-state index in [-0.39, 0.29) is 18.3 Å². The zero-order valence-corrected chi connectivity index (χ0v) is 14.6. The minimum atomic E-state index is -0.418. The molecule has 2 amide bonds. The summed E-state index contributed by atoms with van der Waals surface area (Å²) in [6.45, 7) is 1.74. The van der Waals surface area contributed by atoms with E-state index in [1.54, 1.807) is 24.3 Å². The number of anilines is 1. The van der Waals surface area contributed by atoms with E-state index in [9.17, 15) is 9.59 Å². The van der Waals surface area contributed by atoms with Gasteiger partial charge in [0.1, 0.15) is 5.75 Å². The van der Waals surface area contributed by atoms with E-state index in [2.05, 4.69) is 5.32 Å². The molecule has 0 aliphatic heterocycles. The van der Waals surface area contributed by atoms with Crippen molar-refractivity contribution in [3.8, 4) is 5.75 Å². The smallest absolute Gasteiger partial charge is 0.262 e. The molecular formula is C17H17ClN2O3S. The molecule has 126 valence electrons. The molecule has 0 saturated heterocycles. The maximum atomic E-state index is 12.1. The molecule has 0 heterocycles. The number of halogens is 1. The van der Waals surface area contributed by atoms with Crippen LogP contribution in [0.2, 0.25) is 5.02 Å². The van der Waals surface area contributed by atoms with Crippen molar-refractivity contribution in [1.29, 1.82) is 0 Å². The molecule has 0 unspecified atom stereocenters. The lowest BCUT2D eigenvalue weighted by atomic mass is 10.2. The molecule has 0 bridgehead atoms. The number of aryl methyl sites for hydroxylation is 1. The maximum absolute atomic E-state index is 12.1. The first kappa shape index (κ1) is 18.2. The number of para-hydroxylation sites is 1. The molecule has 2 aromatic rings. The zero-order valence-electron chi connectivity index (χ0n) is 13.0. The van der Waals surface area contributed by atoms with Crippen molar-refractivity contribution < 1.29 is 14.3 Å². The number of carbonyl (C=O) groups excluding carboxylic acids is 2. The Balaban J connectivity index is 1.97. The van der Waals surface area contributed by atoms with Gasteiger partial charge in [0.25, 0.3) is 5.91 Å². The number of carbonyl (C=O) groups is 2. The predicted octanol–water partition coefficient (Wildman–Crippen LogP) is 3.24. The number of benzene rings is 2. The number of thioether (sulfide) groups is 1. The highest BCUT2D eigenvalue weighted by molar-refractivity contribution is 8.00. The highest BCUT2D eigenvalue weighted by atomic mass is 35.5. The second-order valence-corrected chi connectivity index (χ2v) is 6.45. The summed E-state index contributed by atoms with van der Waals surface area (Å²) >= 11 is 7.30. The van der Waals surface area contributed by atoms with Gasteiger partial charge in [0.15, 0.2) is 6.61 Å².